The Bertz CT molecular complexity index is 139. The smallest absolute Gasteiger partial charge is 0.381 e. The van der Waals surface area contributed by atoms with Crippen LogP contribution < -0.4 is 5.73 Å². The van der Waals surface area contributed by atoms with Crippen LogP contribution in [0.1, 0.15) is 32.6 Å². The quantitative estimate of drug-likeness (QED) is 0.659. The molecule has 14 heavy (non-hydrogen) atoms. The lowest BCUT2D eigenvalue weighted by Gasteiger charge is -2.12. The standard InChI is InChI=1S/C9H18F3NO/c1-2-6-14-7-4-8(13)3-5-9(10,11)12/h8H,2-7,13H2,1H3. The zero-order chi connectivity index (χ0) is 11.0. The lowest BCUT2D eigenvalue weighted by molar-refractivity contribution is -0.136. The van der Waals surface area contributed by atoms with E-state index in [9.17, 15) is 13.2 Å². The zero-order valence-corrected chi connectivity index (χ0v) is 8.44. The van der Waals surface area contributed by atoms with Crippen molar-refractivity contribution >= 4 is 0 Å². The predicted molar refractivity (Wildman–Crippen MR) is 49.0 cm³/mol. The second-order valence-electron chi connectivity index (χ2n) is 3.31. The highest BCUT2D eigenvalue weighted by Crippen LogP contribution is 2.22. The number of hydrogen-bond donors (Lipinski definition) is 1. The zero-order valence-electron chi connectivity index (χ0n) is 8.44. The minimum atomic E-state index is -4.10. The fourth-order valence-corrected chi connectivity index (χ4v) is 0.975. The molecule has 0 bridgehead atoms. The third-order valence-corrected chi connectivity index (χ3v) is 1.78. The maximum Gasteiger partial charge on any atom is 0.389 e. The SMILES string of the molecule is CCCOCCC(N)CCC(F)(F)F. The predicted octanol–water partition coefficient (Wildman–Crippen LogP) is 2.47. The van der Waals surface area contributed by atoms with E-state index >= 15 is 0 Å². The lowest BCUT2D eigenvalue weighted by atomic mass is 10.1. The summed E-state index contributed by atoms with van der Waals surface area (Å²) in [5, 5.41) is 0. The molecule has 0 aliphatic heterocycles. The highest BCUT2D eigenvalue weighted by atomic mass is 19.4. The molecule has 1 atom stereocenters. The van der Waals surface area contributed by atoms with Gasteiger partial charge < -0.3 is 10.5 Å². The van der Waals surface area contributed by atoms with Crippen LogP contribution in [0.25, 0.3) is 0 Å². The van der Waals surface area contributed by atoms with Crippen molar-refractivity contribution < 1.29 is 17.9 Å². The molecule has 0 spiro atoms. The maximum absolute atomic E-state index is 11.8. The van der Waals surface area contributed by atoms with Crippen molar-refractivity contribution in [3.05, 3.63) is 0 Å². The van der Waals surface area contributed by atoms with Crippen molar-refractivity contribution in [3.8, 4) is 0 Å². The van der Waals surface area contributed by atoms with E-state index in [-0.39, 0.29) is 6.42 Å². The van der Waals surface area contributed by atoms with Crippen molar-refractivity contribution in [2.45, 2.75) is 44.8 Å². The summed E-state index contributed by atoms with van der Waals surface area (Å²) in [5.74, 6) is 0. The van der Waals surface area contributed by atoms with Gasteiger partial charge in [0, 0.05) is 25.7 Å². The van der Waals surface area contributed by atoms with E-state index in [4.69, 9.17) is 10.5 Å². The Morgan fingerprint density at radius 2 is 1.86 bits per heavy atom. The molecule has 0 aromatic rings. The van der Waals surface area contributed by atoms with E-state index < -0.39 is 18.6 Å². The van der Waals surface area contributed by atoms with E-state index in [2.05, 4.69) is 0 Å². The summed E-state index contributed by atoms with van der Waals surface area (Å²) < 4.78 is 40.4. The van der Waals surface area contributed by atoms with Gasteiger partial charge in [-0.15, -0.1) is 0 Å². The number of halogens is 3. The number of alkyl halides is 3. The van der Waals surface area contributed by atoms with Gasteiger partial charge >= 0.3 is 6.18 Å². The molecule has 0 saturated heterocycles. The minimum absolute atomic E-state index is 0.0149. The normalized spacial score (nSPS) is 14.4. The van der Waals surface area contributed by atoms with Crippen LogP contribution in [-0.4, -0.2) is 25.4 Å². The Morgan fingerprint density at radius 1 is 1.21 bits per heavy atom. The van der Waals surface area contributed by atoms with Crippen molar-refractivity contribution in [2.75, 3.05) is 13.2 Å². The summed E-state index contributed by atoms with van der Waals surface area (Å²) in [5.41, 5.74) is 5.48. The summed E-state index contributed by atoms with van der Waals surface area (Å²) in [6.45, 7) is 3.07. The monoisotopic (exact) mass is 213 g/mol. The minimum Gasteiger partial charge on any atom is -0.381 e. The molecule has 0 heterocycles. The first-order valence-corrected chi connectivity index (χ1v) is 4.85. The molecular formula is C9H18F3NO. The molecule has 0 saturated carbocycles. The van der Waals surface area contributed by atoms with Gasteiger partial charge in [-0.05, 0) is 19.3 Å². The first-order chi connectivity index (χ1) is 6.45. The third kappa shape index (κ3) is 9.80. The second-order valence-corrected chi connectivity index (χ2v) is 3.31. The highest BCUT2D eigenvalue weighted by molar-refractivity contribution is 4.63. The van der Waals surface area contributed by atoms with E-state index in [0.29, 0.717) is 19.6 Å². The summed E-state index contributed by atoms with van der Waals surface area (Å²) >= 11 is 0. The topological polar surface area (TPSA) is 35.2 Å². The average Bonchev–Trinajstić information content (AvgIpc) is 2.08. The molecule has 0 fully saturated rings. The molecule has 0 aliphatic carbocycles. The molecule has 1 unspecified atom stereocenters. The van der Waals surface area contributed by atoms with Crippen LogP contribution in [-0.2, 0) is 4.74 Å². The molecule has 86 valence electrons. The average molecular weight is 213 g/mol. The first kappa shape index (κ1) is 13.7. The van der Waals surface area contributed by atoms with Crippen LogP contribution in [0.15, 0.2) is 0 Å². The Kier molecular flexibility index (Phi) is 6.92. The van der Waals surface area contributed by atoms with Gasteiger partial charge in [0.2, 0.25) is 0 Å². The maximum atomic E-state index is 11.8. The third-order valence-electron chi connectivity index (χ3n) is 1.78. The van der Waals surface area contributed by atoms with Crippen LogP contribution in [0.3, 0.4) is 0 Å². The largest absolute Gasteiger partial charge is 0.389 e. The number of hydrogen-bond acceptors (Lipinski definition) is 2. The van der Waals surface area contributed by atoms with Gasteiger partial charge in [-0.25, -0.2) is 0 Å². The summed E-state index contributed by atoms with van der Waals surface area (Å²) in [4.78, 5) is 0. The fraction of sp³-hybridized carbons (Fsp3) is 1.00. The van der Waals surface area contributed by atoms with Gasteiger partial charge in [-0.1, -0.05) is 6.92 Å². The molecule has 5 heteroatoms. The molecule has 2 N–H and O–H groups in total. The summed E-state index contributed by atoms with van der Waals surface area (Å²) in [6.07, 6.45) is -3.50. The second kappa shape index (κ2) is 7.06. The van der Waals surface area contributed by atoms with Gasteiger partial charge in [0.25, 0.3) is 0 Å². The van der Waals surface area contributed by atoms with Crippen LogP contribution in [0.2, 0.25) is 0 Å². The fourth-order valence-electron chi connectivity index (χ4n) is 0.975. The number of ether oxygens (including phenoxy) is 1. The van der Waals surface area contributed by atoms with Crippen molar-refractivity contribution in [3.63, 3.8) is 0 Å². The van der Waals surface area contributed by atoms with Gasteiger partial charge in [-0.2, -0.15) is 13.2 Å². The molecule has 2 nitrogen and oxygen atoms in total. The van der Waals surface area contributed by atoms with Crippen LogP contribution in [0, 0.1) is 0 Å². The lowest BCUT2D eigenvalue weighted by Crippen LogP contribution is -2.24. The van der Waals surface area contributed by atoms with Gasteiger partial charge in [0.1, 0.15) is 0 Å². The van der Waals surface area contributed by atoms with Crippen molar-refractivity contribution in [1.82, 2.24) is 0 Å². The van der Waals surface area contributed by atoms with Crippen LogP contribution in [0.4, 0.5) is 13.2 Å². The number of rotatable bonds is 7. The summed E-state index contributed by atoms with van der Waals surface area (Å²) in [7, 11) is 0. The van der Waals surface area contributed by atoms with E-state index in [1.54, 1.807) is 0 Å². The molecule has 0 radical (unpaired) electrons. The van der Waals surface area contributed by atoms with E-state index in [1.165, 1.54) is 0 Å². The highest BCUT2D eigenvalue weighted by Gasteiger charge is 2.27. The van der Waals surface area contributed by atoms with Crippen LogP contribution >= 0.6 is 0 Å². The molecule has 0 aromatic carbocycles. The summed E-state index contributed by atoms with van der Waals surface area (Å²) in [6, 6.07) is -0.409. The van der Waals surface area contributed by atoms with Gasteiger partial charge in [0.15, 0.2) is 0 Å². The van der Waals surface area contributed by atoms with Gasteiger partial charge in [0.05, 0.1) is 0 Å². The molecule has 0 amide bonds. The first-order valence-electron chi connectivity index (χ1n) is 4.85. The number of nitrogens with two attached hydrogens (primary N) is 1. The Balaban J connectivity index is 3.32. The Morgan fingerprint density at radius 3 is 2.36 bits per heavy atom. The molecule has 0 rings (SSSR count). The van der Waals surface area contributed by atoms with E-state index in [0.717, 1.165) is 6.42 Å². The van der Waals surface area contributed by atoms with Crippen molar-refractivity contribution in [2.24, 2.45) is 5.73 Å². The van der Waals surface area contributed by atoms with E-state index in [1.807, 2.05) is 6.92 Å². The van der Waals surface area contributed by atoms with Crippen molar-refractivity contribution in [1.29, 1.82) is 0 Å². The van der Waals surface area contributed by atoms with Gasteiger partial charge in [-0.3, -0.25) is 0 Å². The van der Waals surface area contributed by atoms with Crippen LogP contribution in [0.5, 0.6) is 0 Å². The molecule has 0 aromatic heterocycles. The molecular weight excluding hydrogens is 195 g/mol. The Labute approximate surface area is 82.6 Å². The Hall–Kier alpha value is -0.290. The molecule has 0 aliphatic rings.